The molecule has 0 aromatic heterocycles. The van der Waals surface area contributed by atoms with E-state index in [1.54, 1.807) is 0 Å². The molecule has 0 saturated heterocycles. The van der Waals surface area contributed by atoms with Crippen LogP contribution in [0.2, 0.25) is 0 Å². The summed E-state index contributed by atoms with van der Waals surface area (Å²) in [5.41, 5.74) is 3.35. The highest BCUT2D eigenvalue weighted by Gasteiger charge is 2.00. The molecule has 0 aliphatic carbocycles. The highest BCUT2D eigenvalue weighted by atomic mass is 14.8. The lowest BCUT2D eigenvalue weighted by molar-refractivity contribution is 1.40. The number of hydrogen-bond donors (Lipinski definition) is 1. The Morgan fingerprint density at radius 2 is 2.00 bits per heavy atom. The fourth-order valence-corrected chi connectivity index (χ4v) is 1.14. The summed E-state index contributed by atoms with van der Waals surface area (Å²) in [7, 11) is 3.73. The highest BCUT2D eigenvalue weighted by Crippen LogP contribution is 2.14. The summed E-state index contributed by atoms with van der Waals surface area (Å²) in [6, 6.07) is 8.14. The SMILES string of the molecule is CN=C(C)c1ccccc1NC. The molecule has 2 heteroatoms. The van der Waals surface area contributed by atoms with Crippen molar-refractivity contribution in [2.24, 2.45) is 4.99 Å². The van der Waals surface area contributed by atoms with E-state index in [0.29, 0.717) is 0 Å². The van der Waals surface area contributed by atoms with E-state index >= 15 is 0 Å². The van der Waals surface area contributed by atoms with Crippen LogP contribution in [0.4, 0.5) is 5.69 Å². The van der Waals surface area contributed by atoms with Crippen molar-refractivity contribution in [2.45, 2.75) is 6.92 Å². The summed E-state index contributed by atoms with van der Waals surface area (Å²) < 4.78 is 0. The topological polar surface area (TPSA) is 24.4 Å². The molecule has 0 aliphatic heterocycles. The van der Waals surface area contributed by atoms with Crippen LogP contribution in [0, 0.1) is 0 Å². The molecule has 64 valence electrons. The maximum absolute atomic E-state index is 4.14. The molecule has 0 spiro atoms. The number of benzene rings is 1. The molecule has 1 rings (SSSR count). The van der Waals surface area contributed by atoms with Gasteiger partial charge in [0.25, 0.3) is 0 Å². The first-order chi connectivity index (χ1) is 5.79. The molecular formula is C10H14N2. The van der Waals surface area contributed by atoms with Crippen molar-refractivity contribution in [1.82, 2.24) is 0 Å². The van der Waals surface area contributed by atoms with E-state index in [2.05, 4.69) is 16.4 Å². The summed E-state index contributed by atoms with van der Waals surface area (Å²) in [5.74, 6) is 0. The van der Waals surface area contributed by atoms with Crippen LogP contribution >= 0.6 is 0 Å². The van der Waals surface area contributed by atoms with Crippen LogP contribution in [0.3, 0.4) is 0 Å². The Labute approximate surface area is 73.3 Å². The molecule has 0 amide bonds. The Morgan fingerprint density at radius 1 is 1.33 bits per heavy atom. The average molecular weight is 162 g/mol. The number of nitrogens with one attached hydrogen (secondary N) is 1. The molecule has 0 atom stereocenters. The minimum absolute atomic E-state index is 1.06. The lowest BCUT2D eigenvalue weighted by atomic mass is 10.1. The Balaban J connectivity index is 3.13. The highest BCUT2D eigenvalue weighted by molar-refractivity contribution is 6.03. The predicted molar refractivity (Wildman–Crippen MR) is 54.1 cm³/mol. The lowest BCUT2D eigenvalue weighted by Crippen LogP contribution is -2.00. The number of nitrogens with zero attached hydrogens (tertiary/aromatic N) is 1. The second kappa shape index (κ2) is 3.90. The van der Waals surface area contributed by atoms with Gasteiger partial charge >= 0.3 is 0 Å². The fourth-order valence-electron chi connectivity index (χ4n) is 1.14. The minimum atomic E-state index is 1.06. The summed E-state index contributed by atoms with van der Waals surface area (Å²) in [6.07, 6.45) is 0. The van der Waals surface area contributed by atoms with Crippen LogP contribution in [-0.4, -0.2) is 19.8 Å². The standard InChI is InChI=1S/C10H14N2/c1-8(11-2)9-6-4-5-7-10(9)12-3/h4-7,12H,1-3H3. The van der Waals surface area contributed by atoms with E-state index in [1.807, 2.05) is 39.2 Å². The Hall–Kier alpha value is -1.31. The minimum Gasteiger partial charge on any atom is -0.388 e. The van der Waals surface area contributed by atoms with Gasteiger partial charge in [0.1, 0.15) is 0 Å². The smallest absolute Gasteiger partial charge is 0.0429 e. The van der Waals surface area contributed by atoms with Crippen LogP contribution in [0.1, 0.15) is 12.5 Å². The van der Waals surface area contributed by atoms with Crippen molar-refractivity contribution in [3.05, 3.63) is 29.8 Å². The fraction of sp³-hybridized carbons (Fsp3) is 0.300. The number of anilines is 1. The maximum Gasteiger partial charge on any atom is 0.0429 e. The van der Waals surface area contributed by atoms with Crippen LogP contribution in [0.15, 0.2) is 29.3 Å². The quantitative estimate of drug-likeness (QED) is 0.662. The van der Waals surface area contributed by atoms with Gasteiger partial charge in [-0.15, -0.1) is 0 Å². The predicted octanol–water partition coefficient (Wildman–Crippen LogP) is 2.17. The van der Waals surface area contributed by atoms with Gasteiger partial charge < -0.3 is 5.32 Å². The van der Waals surface area contributed by atoms with Crippen LogP contribution in [-0.2, 0) is 0 Å². The first kappa shape index (κ1) is 8.78. The zero-order valence-corrected chi connectivity index (χ0v) is 7.76. The first-order valence-electron chi connectivity index (χ1n) is 4.00. The molecule has 0 aliphatic rings. The van der Waals surface area contributed by atoms with Gasteiger partial charge in [-0.1, -0.05) is 18.2 Å². The normalized spacial score (nSPS) is 11.4. The van der Waals surface area contributed by atoms with E-state index in [1.165, 1.54) is 5.56 Å². The molecule has 0 saturated carbocycles. The van der Waals surface area contributed by atoms with E-state index in [4.69, 9.17) is 0 Å². The van der Waals surface area contributed by atoms with Gasteiger partial charge in [0.2, 0.25) is 0 Å². The molecule has 0 fully saturated rings. The number of para-hydroxylation sites is 1. The lowest BCUT2D eigenvalue weighted by Gasteiger charge is -2.07. The third-order valence-electron chi connectivity index (χ3n) is 1.92. The first-order valence-corrected chi connectivity index (χ1v) is 4.00. The van der Waals surface area contributed by atoms with Crippen molar-refractivity contribution in [3.63, 3.8) is 0 Å². The summed E-state index contributed by atoms with van der Waals surface area (Å²) in [4.78, 5) is 4.14. The molecule has 0 radical (unpaired) electrons. The van der Waals surface area contributed by atoms with Gasteiger partial charge in [-0.05, 0) is 13.0 Å². The van der Waals surface area contributed by atoms with Gasteiger partial charge in [0.15, 0.2) is 0 Å². The zero-order chi connectivity index (χ0) is 8.97. The number of hydrogen-bond acceptors (Lipinski definition) is 2. The Kier molecular flexibility index (Phi) is 2.86. The molecule has 12 heavy (non-hydrogen) atoms. The Bertz CT molecular complexity index is 290. The van der Waals surface area contributed by atoms with E-state index in [0.717, 1.165) is 11.4 Å². The monoisotopic (exact) mass is 162 g/mol. The molecular weight excluding hydrogens is 148 g/mol. The molecule has 1 aromatic rings. The van der Waals surface area contributed by atoms with Crippen molar-refractivity contribution in [3.8, 4) is 0 Å². The summed E-state index contributed by atoms with van der Waals surface area (Å²) in [6.45, 7) is 2.01. The van der Waals surface area contributed by atoms with Crippen molar-refractivity contribution >= 4 is 11.4 Å². The third-order valence-corrected chi connectivity index (χ3v) is 1.92. The maximum atomic E-state index is 4.14. The van der Waals surface area contributed by atoms with Crippen molar-refractivity contribution in [1.29, 1.82) is 0 Å². The van der Waals surface area contributed by atoms with E-state index in [-0.39, 0.29) is 0 Å². The third kappa shape index (κ3) is 1.64. The largest absolute Gasteiger partial charge is 0.388 e. The number of rotatable bonds is 2. The van der Waals surface area contributed by atoms with Gasteiger partial charge in [-0.25, -0.2) is 0 Å². The molecule has 0 bridgehead atoms. The number of aliphatic imine (C=N–C) groups is 1. The Morgan fingerprint density at radius 3 is 2.58 bits per heavy atom. The van der Waals surface area contributed by atoms with Gasteiger partial charge in [-0.3, -0.25) is 4.99 Å². The second-order valence-electron chi connectivity index (χ2n) is 2.60. The summed E-state index contributed by atoms with van der Waals surface area (Å²) in [5, 5.41) is 3.13. The van der Waals surface area contributed by atoms with Gasteiger partial charge in [0, 0.05) is 31.1 Å². The second-order valence-corrected chi connectivity index (χ2v) is 2.60. The van der Waals surface area contributed by atoms with Gasteiger partial charge in [0.05, 0.1) is 0 Å². The summed E-state index contributed by atoms with van der Waals surface area (Å²) >= 11 is 0. The molecule has 2 nitrogen and oxygen atoms in total. The van der Waals surface area contributed by atoms with Crippen molar-refractivity contribution in [2.75, 3.05) is 19.4 Å². The van der Waals surface area contributed by atoms with E-state index in [9.17, 15) is 0 Å². The molecule has 0 heterocycles. The van der Waals surface area contributed by atoms with Crippen molar-refractivity contribution < 1.29 is 0 Å². The molecule has 0 unspecified atom stereocenters. The molecule has 1 aromatic carbocycles. The average Bonchev–Trinajstić information content (AvgIpc) is 2.16. The van der Waals surface area contributed by atoms with Gasteiger partial charge in [-0.2, -0.15) is 0 Å². The zero-order valence-electron chi connectivity index (χ0n) is 7.76. The molecule has 1 N–H and O–H groups in total. The van der Waals surface area contributed by atoms with E-state index < -0.39 is 0 Å². The van der Waals surface area contributed by atoms with Crippen LogP contribution in [0.5, 0.6) is 0 Å². The van der Waals surface area contributed by atoms with Crippen LogP contribution in [0.25, 0.3) is 0 Å². The van der Waals surface area contributed by atoms with Crippen LogP contribution < -0.4 is 5.32 Å².